The molecule has 0 spiro atoms. The van der Waals surface area contributed by atoms with Crippen molar-refractivity contribution in [2.45, 2.75) is 13.8 Å². The lowest BCUT2D eigenvalue weighted by Gasteiger charge is -2.03. The van der Waals surface area contributed by atoms with Crippen LogP contribution >= 0.6 is 0 Å². The summed E-state index contributed by atoms with van der Waals surface area (Å²) >= 11 is 0. The van der Waals surface area contributed by atoms with Crippen LogP contribution in [-0.4, -0.2) is 17.7 Å². The summed E-state index contributed by atoms with van der Waals surface area (Å²) in [6.07, 6.45) is 0.250. The number of nitrogens with zero attached hydrogens (tertiary/aromatic N) is 1. The first-order chi connectivity index (χ1) is 6.65. The molecular weight excluding hydrogens is 184 g/mol. The smallest absolute Gasteiger partial charge is 0.373 e. The lowest BCUT2D eigenvalue weighted by molar-refractivity contribution is -0.191. The van der Waals surface area contributed by atoms with Crippen LogP contribution < -0.4 is 10.5 Å². The zero-order valence-electron chi connectivity index (χ0n) is 8.11. The number of carbonyl (C=O) groups excluding carboxylic acids is 2. The molecule has 0 aliphatic heterocycles. The molecule has 0 atom stereocenters. The molecule has 14 heavy (non-hydrogen) atoms. The molecule has 0 bridgehead atoms. The predicted octanol–water partition coefficient (Wildman–Crippen LogP) is 0.787. The maximum absolute atomic E-state index is 8.12. The molecule has 0 unspecified atom stereocenters. The monoisotopic (exact) mass is 196 g/mol. The van der Waals surface area contributed by atoms with Gasteiger partial charge in [-0.05, 0) is 19.9 Å². The average molecular weight is 196 g/mol. The van der Waals surface area contributed by atoms with Gasteiger partial charge in [0.15, 0.2) is 0 Å². The summed E-state index contributed by atoms with van der Waals surface area (Å²) < 4.78 is 5.18. The van der Waals surface area contributed by atoms with Crippen molar-refractivity contribution in [1.29, 1.82) is 0 Å². The van der Waals surface area contributed by atoms with Gasteiger partial charge in [0.1, 0.15) is 0 Å². The van der Waals surface area contributed by atoms with Gasteiger partial charge < -0.3 is 10.5 Å². The summed E-state index contributed by atoms with van der Waals surface area (Å²) in [4.78, 5) is 20.4. The second-order valence-electron chi connectivity index (χ2n) is 2.34. The van der Waals surface area contributed by atoms with Crippen molar-refractivity contribution in [3.05, 3.63) is 17.8 Å². The van der Waals surface area contributed by atoms with Crippen molar-refractivity contribution in [2.75, 3.05) is 12.3 Å². The Morgan fingerprint density at radius 3 is 2.50 bits per heavy atom. The van der Waals surface area contributed by atoms with Gasteiger partial charge in [-0.1, -0.05) is 0 Å². The molecule has 0 saturated carbocycles. The first-order valence-electron chi connectivity index (χ1n) is 4.00. The summed E-state index contributed by atoms with van der Waals surface area (Å²) in [6, 6.07) is 3.57. The molecule has 0 aliphatic carbocycles. The Morgan fingerprint density at radius 2 is 2.07 bits per heavy atom. The van der Waals surface area contributed by atoms with Gasteiger partial charge in [0, 0.05) is 6.07 Å². The molecule has 1 aromatic rings. The third kappa shape index (κ3) is 4.23. The van der Waals surface area contributed by atoms with Crippen LogP contribution in [0.15, 0.2) is 12.1 Å². The highest BCUT2D eigenvalue weighted by Gasteiger charge is 1.96. The van der Waals surface area contributed by atoms with E-state index in [1.165, 1.54) is 0 Å². The van der Waals surface area contributed by atoms with Crippen LogP contribution in [0.25, 0.3) is 0 Å². The van der Waals surface area contributed by atoms with E-state index >= 15 is 0 Å². The topological polar surface area (TPSA) is 82.3 Å². The molecule has 1 aromatic heterocycles. The van der Waals surface area contributed by atoms with E-state index in [2.05, 4.69) is 4.98 Å². The quantitative estimate of drug-likeness (QED) is 0.756. The molecule has 0 aliphatic rings. The molecule has 0 fully saturated rings. The Bertz CT molecular complexity index is 320. The van der Waals surface area contributed by atoms with Crippen LogP contribution in [0.1, 0.15) is 12.6 Å². The summed E-state index contributed by atoms with van der Waals surface area (Å²) in [6.45, 7) is 4.42. The predicted molar refractivity (Wildman–Crippen MR) is 49.6 cm³/mol. The largest absolute Gasteiger partial charge is 0.478 e. The zero-order chi connectivity index (χ0) is 11.0. The number of nitrogen functional groups attached to an aromatic ring is 1. The van der Waals surface area contributed by atoms with Gasteiger partial charge in [-0.3, -0.25) is 0 Å². The van der Waals surface area contributed by atoms with Crippen LogP contribution in [0.3, 0.4) is 0 Å². The van der Waals surface area contributed by atoms with Crippen molar-refractivity contribution in [3.8, 4) is 5.88 Å². The maximum atomic E-state index is 8.12. The molecule has 5 nitrogen and oxygen atoms in total. The Hall–Kier alpha value is -1.87. The van der Waals surface area contributed by atoms with Gasteiger partial charge in [0.2, 0.25) is 5.88 Å². The first kappa shape index (κ1) is 12.1. The first-order valence-corrected chi connectivity index (χ1v) is 4.00. The van der Waals surface area contributed by atoms with Crippen LogP contribution in [0.4, 0.5) is 5.69 Å². The minimum absolute atomic E-state index is 0.250. The fourth-order valence-corrected chi connectivity index (χ4v) is 0.777. The van der Waals surface area contributed by atoms with Gasteiger partial charge in [-0.2, -0.15) is 9.59 Å². The lowest BCUT2D eigenvalue weighted by atomic mass is 10.3. The van der Waals surface area contributed by atoms with E-state index in [0.29, 0.717) is 18.2 Å². The molecule has 1 heterocycles. The fourth-order valence-electron chi connectivity index (χ4n) is 0.777. The summed E-state index contributed by atoms with van der Waals surface area (Å²) in [5.74, 6) is 0.638. The van der Waals surface area contributed by atoms with Crippen LogP contribution in [-0.2, 0) is 9.59 Å². The van der Waals surface area contributed by atoms with Crippen LogP contribution in [0, 0.1) is 6.92 Å². The average Bonchev–Trinajstić information content (AvgIpc) is 2.13. The zero-order valence-corrected chi connectivity index (χ0v) is 8.11. The third-order valence-electron chi connectivity index (χ3n) is 1.39. The molecule has 5 heteroatoms. The van der Waals surface area contributed by atoms with E-state index in [9.17, 15) is 0 Å². The van der Waals surface area contributed by atoms with Gasteiger partial charge >= 0.3 is 6.15 Å². The minimum Gasteiger partial charge on any atom is -0.478 e. The Labute approximate surface area is 81.9 Å². The van der Waals surface area contributed by atoms with Crippen LogP contribution in [0.2, 0.25) is 0 Å². The molecule has 0 amide bonds. The highest BCUT2D eigenvalue weighted by atomic mass is 16.5. The minimum atomic E-state index is 0.250. The Kier molecular flexibility index (Phi) is 5.74. The van der Waals surface area contributed by atoms with Crippen molar-refractivity contribution < 1.29 is 14.3 Å². The molecule has 0 radical (unpaired) electrons. The fraction of sp³-hybridized carbons (Fsp3) is 0.333. The normalized spacial score (nSPS) is 8.14. The number of hydrogen-bond acceptors (Lipinski definition) is 5. The Balaban J connectivity index is 0.000000500. The lowest BCUT2D eigenvalue weighted by Crippen LogP contribution is -1.98. The number of nitrogens with two attached hydrogens (primary N) is 1. The van der Waals surface area contributed by atoms with Gasteiger partial charge in [0.25, 0.3) is 0 Å². The van der Waals surface area contributed by atoms with Gasteiger partial charge in [0.05, 0.1) is 18.0 Å². The van der Waals surface area contributed by atoms with Gasteiger partial charge in [-0.25, -0.2) is 4.98 Å². The van der Waals surface area contributed by atoms with Crippen molar-refractivity contribution in [3.63, 3.8) is 0 Å². The number of pyridine rings is 1. The molecule has 2 N–H and O–H groups in total. The van der Waals surface area contributed by atoms with E-state index < -0.39 is 0 Å². The summed E-state index contributed by atoms with van der Waals surface area (Å²) in [5.41, 5.74) is 7.08. The Morgan fingerprint density at radius 1 is 1.50 bits per heavy atom. The van der Waals surface area contributed by atoms with Crippen molar-refractivity contribution >= 4 is 11.8 Å². The van der Waals surface area contributed by atoms with E-state index in [0.717, 1.165) is 5.69 Å². The van der Waals surface area contributed by atoms with Crippen molar-refractivity contribution in [1.82, 2.24) is 4.98 Å². The number of aryl methyl sites for hydroxylation is 1. The number of rotatable bonds is 2. The van der Waals surface area contributed by atoms with E-state index in [4.69, 9.17) is 20.1 Å². The molecule has 1 rings (SSSR count). The van der Waals surface area contributed by atoms with Gasteiger partial charge in [-0.15, -0.1) is 0 Å². The molecule has 0 saturated heterocycles. The van der Waals surface area contributed by atoms with E-state index in [1.54, 1.807) is 12.1 Å². The van der Waals surface area contributed by atoms with E-state index in [-0.39, 0.29) is 6.15 Å². The highest BCUT2D eigenvalue weighted by Crippen LogP contribution is 2.13. The highest BCUT2D eigenvalue weighted by molar-refractivity contribution is 5.43. The van der Waals surface area contributed by atoms with Crippen LogP contribution in [0.5, 0.6) is 5.88 Å². The number of hydrogen-bond donors (Lipinski definition) is 1. The second-order valence-corrected chi connectivity index (χ2v) is 2.34. The molecule has 0 aromatic carbocycles. The second kappa shape index (κ2) is 6.62. The third-order valence-corrected chi connectivity index (χ3v) is 1.39. The maximum Gasteiger partial charge on any atom is 0.373 e. The SMILES string of the molecule is CCOc1ccc(N)c(C)n1.O=C=O. The summed E-state index contributed by atoms with van der Waals surface area (Å²) in [5, 5.41) is 0. The number of aromatic nitrogens is 1. The molecule has 76 valence electrons. The molecular formula is C9H12N2O3. The van der Waals surface area contributed by atoms with Crippen molar-refractivity contribution in [2.24, 2.45) is 0 Å². The summed E-state index contributed by atoms with van der Waals surface area (Å²) in [7, 11) is 0. The standard InChI is InChI=1S/C8H12N2O.CO2/c1-3-11-8-5-4-7(9)6(2)10-8;2-1-3/h4-5H,3,9H2,1-2H3;. The number of anilines is 1. The number of ether oxygens (including phenoxy) is 1. The van der Waals surface area contributed by atoms with E-state index in [1.807, 2.05) is 13.8 Å².